The average Bonchev–Trinajstić information content (AvgIpc) is 2.75. The van der Waals surface area contributed by atoms with Gasteiger partial charge in [0.1, 0.15) is 11.6 Å². The van der Waals surface area contributed by atoms with E-state index in [4.69, 9.17) is 9.47 Å². The van der Waals surface area contributed by atoms with Crippen molar-refractivity contribution in [3.05, 3.63) is 82.0 Å². The number of amides is 1. The van der Waals surface area contributed by atoms with E-state index in [-0.39, 0.29) is 29.2 Å². The highest BCUT2D eigenvalue weighted by Gasteiger charge is 2.20. The summed E-state index contributed by atoms with van der Waals surface area (Å²) in [6.07, 6.45) is 0. The molecule has 0 bridgehead atoms. The summed E-state index contributed by atoms with van der Waals surface area (Å²) in [4.78, 5) is 37.6. The van der Waals surface area contributed by atoms with E-state index in [1.54, 1.807) is 25.1 Å². The highest BCUT2D eigenvalue weighted by molar-refractivity contribution is 6.07. The van der Waals surface area contributed by atoms with Gasteiger partial charge in [0.2, 0.25) is 0 Å². The molecule has 3 aromatic rings. The van der Waals surface area contributed by atoms with Crippen LogP contribution in [0.3, 0.4) is 0 Å². The molecule has 0 unspecified atom stereocenters. The van der Waals surface area contributed by atoms with Crippen LogP contribution in [0.1, 0.15) is 27.8 Å². The Morgan fingerprint density at radius 2 is 1.87 bits per heavy atom. The summed E-state index contributed by atoms with van der Waals surface area (Å²) in [5, 5.41) is 6.55. The number of hydrogen-bond acceptors (Lipinski definition) is 6. The summed E-state index contributed by atoms with van der Waals surface area (Å²) in [6.45, 7) is 1.68. The Bertz CT molecular complexity index is 1140. The van der Waals surface area contributed by atoms with Crippen LogP contribution in [0.15, 0.2) is 59.4 Å². The molecule has 0 aliphatic heterocycles. The molecular formula is C21H18FN3O5. The molecule has 8 nitrogen and oxygen atoms in total. The maximum atomic E-state index is 13.2. The number of nitrogens with one attached hydrogen (secondary N) is 1. The highest BCUT2D eigenvalue weighted by atomic mass is 19.1. The number of rotatable bonds is 6. The Balaban J connectivity index is 2.03. The predicted octanol–water partition coefficient (Wildman–Crippen LogP) is 2.81. The van der Waals surface area contributed by atoms with Gasteiger partial charge in [0.25, 0.3) is 11.5 Å². The number of nitrogens with zero attached hydrogens (tertiary/aromatic N) is 2. The minimum absolute atomic E-state index is 0.0689. The summed E-state index contributed by atoms with van der Waals surface area (Å²) in [5.74, 6) is -1.41. The van der Waals surface area contributed by atoms with Crippen molar-refractivity contribution in [3.8, 4) is 11.4 Å². The monoisotopic (exact) mass is 411 g/mol. The molecule has 0 atom stereocenters. The second-order valence-corrected chi connectivity index (χ2v) is 6.04. The molecule has 3 rings (SSSR count). The third-order valence-corrected chi connectivity index (χ3v) is 4.05. The lowest BCUT2D eigenvalue weighted by molar-refractivity contribution is 0.0518. The first kappa shape index (κ1) is 20.7. The fraction of sp³-hybridized carbons (Fsp3) is 0.143. The summed E-state index contributed by atoms with van der Waals surface area (Å²) >= 11 is 0. The van der Waals surface area contributed by atoms with Crippen LogP contribution in [-0.2, 0) is 4.74 Å². The maximum absolute atomic E-state index is 13.2. The zero-order valence-corrected chi connectivity index (χ0v) is 16.2. The predicted molar refractivity (Wildman–Crippen MR) is 107 cm³/mol. The second kappa shape index (κ2) is 8.99. The van der Waals surface area contributed by atoms with E-state index in [1.165, 1.54) is 25.3 Å². The topological polar surface area (TPSA) is 99.5 Å². The molecule has 154 valence electrons. The number of anilines is 1. The van der Waals surface area contributed by atoms with Gasteiger partial charge in [0.05, 0.1) is 25.1 Å². The molecule has 0 saturated carbocycles. The van der Waals surface area contributed by atoms with E-state index < -0.39 is 23.3 Å². The minimum atomic E-state index is -0.825. The number of aromatic nitrogens is 2. The lowest BCUT2D eigenvalue weighted by Crippen LogP contribution is -2.27. The Morgan fingerprint density at radius 3 is 2.53 bits per heavy atom. The third-order valence-electron chi connectivity index (χ3n) is 4.05. The Hall–Kier alpha value is -4.01. The highest BCUT2D eigenvalue weighted by Crippen LogP contribution is 2.17. The first-order valence-corrected chi connectivity index (χ1v) is 8.95. The average molecular weight is 411 g/mol. The standard InChI is InChI=1S/C21H18FN3O5/c1-3-30-21(28)19-17(23-20(27)13-5-4-6-16(11-13)29-2)12-18(26)25(24-19)15-9-7-14(22)8-10-15/h4-12H,3H2,1-2H3,(H,23,27). The summed E-state index contributed by atoms with van der Waals surface area (Å²) < 4.78 is 24.2. The molecule has 1 N–H and O–H groups in total. The molecule has 1 aromatic heterocycles. The number of carbonyl (C=O) groups excluding carboxylic acids is 2. The van der Waals surface area contributed by atoms with E-state index in [0.717, 1.165) is 22.9 Å². The molecule has 1 heterocycles. The van der Waals surface area contributed by atoms with Crippen LogP contribution >= 0.6 is 0 Å². The van der Waals surface area contributed by atoms with Gasteiger partial charge in [-0.15, -0.1) is 0 Å². The zero-order chi connectivity index (χ0) is 21.7. The molecule has 30 heavy (non-hydrogen) atoms. The van der Waals surface area contributed by atoms with Crippen molar-refractivity contribution in [2.75, 3.05) is 19.0 Å². The fourth-order valence-electron chi connectivity index (χ4n) is 2.63. The molecule has 9 heteroatoms. The zero-order valence-electron chi connectivity index (χ0n) is 16.2. The van der Waals surface area contributed by atoms with Crippen molar-refractivity contribution in [3.63, 3.8) is 0 Å². The van der Waals surface area contributed by atoms with Crippen LogP contribution in [-0.4, -0.2) is 35.4 Å². The number of halogens is 1. The van der Waals surface area contributed by atoms with Gasteiger partial charge in [-0.3, -0.25) is 9.59 Å². The maximum Gasteiger partial charge on any atom is 0.360 e. The van der Waals surface area contributed by atoms with Crippen LogP contribution < -0.4 is 15.6 Å². The van der Waals surface area contributed by atoms with E-state index >= 15 is 0 Å². The molecule has 0 radical (unpaired) electrons. The molecule has 1 amide bonds. The van der Waals surface area contributed by atoms with Crippen molar-refractivity contribution in [1.29, 1.82) is 0 Å². The van der Waals surface area contributed by atoms with Crippen molar-refractivity contribution in [2.45, 2.75) is 6.92 Å². The molecule has 0 aliphatic rings. The van der Waals surface area contributed by atoms with Gasteiger partial charge in [-0.2, -0.15) is 9.78 Å². The largest absolute Gasteiger partial charge is 0.497 e. The summed E-state index contributed by atoms with van der Waals surface area (Å²) in [5.41, 5.74) is -0.498. The quantitative estimate of drug-likeness (QED) is 0.626. The van der Waals surface area contributed by atoms with Crippen LogP contribution in [0.2, 0.25) is 0 Å². The van der Waals surface area contributed by atoms with E-state index in [0.29, 0.717) is 5.75 Å². The smallest absolute Gasteiger partial charge is 0.360 e. The molecular weight excluding hydrogens is 393 g/mol. The first-order valence-electron chi connectivity index (χ1n) is 8.95. The van der Waals surface area contributed by atoms with Crippen LogP contribution in [0.4, 0.5) is 10.1 Å². The first-order chi connectivity index (χ1) is 14.4. The number of carbonyl (C=O) groups is 2. The van der Waals surface area contributed by atoms with E-state index in [9.17, 15) is 18.8 Å². The number of hydrogen-bond donors (Lipinski definition) is 1. The number of methoxy groups -OCH3 is 1. The van der Waals surface area contributed by atoms with Gasteiger partial charge >= 0.3 is 5.97 Å². The van der Waals surface area contributed by atoms with E-state index in [2.05, 4.69) is 10.4 Å². The van der Waals surface area contributed by atoms with E-state index in [1.807, 2.05) is 0 Å². The number of ether oxygens (including phenoxy) is 2. The normalized spacial score (nSPS) is 10.4. The minimum Gasteiger partial charge on any atom is -0.497 e. The second-order valence-electron chi connectivity index (χ2n) is 6.04. The van der Waals surface area contributed by atoms with Crippen LogP contribution in [0.5, 0.6) is 5.75 Å². The van der Waals surface area contributed by atoms with Gasteiger partial charge in [0.15, 0.2) is 5.69 Å². The fourth-order valence-corrected chi connectivity index (χ4v) is 2.63. The Morgan fingerprint density at radius 1 is 1.13 bits per heavy atom. The Labute approximate surface area is 170 Å². The lowest BCUT2D eigenvalue weighted by atomic mass is 10.2. The lowest BCUT2D eigenvalue weighted by Gasteiger charge is -2.12. The molecule has 2 aromatic carbocycles. The molecule has 0 aliphatic carbocycles. The van der Waals surface area contributed by atoms with Gasteiger partial charge in [0, 0.05) is 11.6 Å². The van der Waals surface area contributed by atoms with Crippen molar-refractivity contribution < 1.29 is 23.5 Å². The van der Waals surface area contributed by atoms with Gasteiger partial charge in [-0.25, -0.2) is 9.18 Å². The summed E-state index contributed by atoms with van der Waals surface area (Å²) in [6, 6.07) is 12.4. The molecule has 0 saturated heterocycles. The van der Waals surface area contributed by atoms with Crippen molar-refractivity contribution in [2.24, 2.45) is 0 Å². The van der Waals surface area contributed by atoms with Gasteiger partial charge in [-0.1, -0.05) is 6.07 Å². The van der Waals surface area contributed by atoms with Crippen molar-refractivity contribution in [1.82, 2.24) is 9.78 Å². The number of esters is 1. The molecule has 0 spiro atoms. The van der Waals surface area contributed by atoms with Gasteiger partial charge < -0.3 is 14.8 Å². The number of benzene rings is 2. The SMILES string of the molecule is CCOC(=O)c1nn(-c2ccc(F)cc2)c(=O)cc1NC(=O)c1cccc(OC)c1. The molecule has 0 fully saturated rings. The third kappa shape index (κ3) is 4.52. The summed E-state index contributed by atoms with van der Waals surface area (Å²) in [7, 11) is 1.47. The Kier molecular flexibility index (Phi) is 6.21. The van der Waals surface area contributed by atoms with Crippen molar-refractivity contribution >= 4 is 17.6 Å². The van der Waals surface area contributed by atoms with Crippen LogP contribution in [0, 0.1) is 5.82 Å². The van der Waals surface area contributed by atoms with Gasteiger partial charge in [-0.05, 0) is 49.4 Å². The van der Waals surface area contributed by atoms with Crippen LogP contribution in [0.25, 0.3) is 5.69 Å².